The van der Waals surface area contributed by atoms with Gasteiger partial charge in [-0.2, -0.15) is 0 Å². The summed E-state index contributed by atoms with van der Waals surface area (Å²) in [4.78, 5) is 11.9. The van der Waals surface area contributed by atoms with Gasteiger partial charge in [0.1, 0.15) is 0 Å². The van der Waals surface area contributed by atoms with Crippen molar-refractivity contribution < 1.29 is 9.53 Å². The Morgan fingerprint density at radius 3 is 2.12 bits per heavy atom. The molecule has 25 heavy (non-hydrogen) atoms. The zero-order valence-electron chi connectivity index (χ0n) is 17.0. The Kier molecular flexibility index (Phi) is 5.98. The molecule has 1 aromatic rings. The SMILES string of the molecule is COC(=O)C1CCNC(Cc2cc(C(C)(C)C)cc(C(C)(C)C)c2)C1. The number of benzene rings is 1. The van der Waals surface area contributed by atoms with E-state index in [2.05, 4.69) is 65.1 Å². The van der Waals surface area contributed by atoms with Gasteiger partial charge in [0.25, 0.3) is 0 Å². The Labute approximate surface area is 153 Å². The first-order chi connectivity index (χ1) is 11.5. The summed E-state index contributed by atoms with van der Waals surface area (Å²) in [5, 5.41) is 3.59. The fourth-order valence-electron chi connectivity index (χ4n) is 3.50. The molecule has 1 aliphatic heterocycles. The number of carbonyl (C=O) groups excluding carboxylic acids is 1. The molecule has 0 aromatic heterocycles. The van der Waals surface area contributed by atoms with Crippen LogP contribution in [0.5, 0.6) is 0 Å². The van der Waals surface area contributed by atoms with Crippen LogP contribution in [0.3, 0.4) is 0 Å². The molecule has 1 heterocycles. The molecular formula is C22H35NO2. The average Bonchev–Trinajstić information content (AvgIpc) is 2.52. The Balaban J connectivity index is 2.25. The maximum absolute atomic E-state index is 11.9. The van der Waals surface area contributed by atoms with Crippen molar-refractivity contribution in [2.45, 2.75) is 77.7 Å². The fraction of sp³-hybridized carbons (Fsp3) is 0.682. The average molecular weight is 346 g/mol. The smallest absolute Gasteiger partial charge is 0.308 e. The lowest BCUT2D eigenvalue weighted by Gasteiger charge is -2.30. The van der Waals surface area contributed by atoms with E-state index in [-0.39, 0.29) is 22.7 Å². The monoisotopic (exact) mass is 345 g/mol. The van der Waals surface area contributed by atoms with Crippen LogP contribution in [-0.4, -0.2) is 25.7 Å². The number of piperidine rings is 1. The van der Waals surface area contributed by atoms with Crippen LogP contribution in [0.25, 0.3) is 0 Å². The second kappa shape index (κ2) is 7.49. The van der Waals surface area contributed by atoms with Crippen molar-refractivity contribution in [3.63, 3.8) is 0 Å². The summed E-state index contributed by atoms with van der Waals surface area (Å²) in [6.07, 6.45) is 2.69. The molecule has 1 aliphatic rings. The van der Waals surface area contributed by atoms with Crippen molar-refractivity contribution in [1.29, 1.82) is 0 Å². The van der Waals surface area contributed by atoms with Crippen LogP contribution in [0.4, 0.5) is 0 Å². The van der Waals surface area contributed by atoms with Gasteiger partial charge in [-0.1, -0.05) is 59.7 Å². The van der Waals surface area contributed by atoms with Gasteiger partial charge in [0.2, 0.25) is 0 Å². The molecule has 0 spiro atoms. The molecule has 0 aliphatic carbocycles. The van der Waals surface area contributed by atoms with Gasteiger partial charge in [0.15, 0.2) is 0 Å². The molecule has 1 saturated heterocycles. The van der Waals surface area contributed by atoms with Gasteiger partial charge in [0, 0.05) is 6.04 Å². The molecule has 2 rings (SSSR count). The Morgan fingerprint density at radius 2 is 1.64 bits per heavy atom. The third-order valence-electron chi connectivity index (χ3n) is 5.24. The minimum atomic E-state index is -0.0645. The number of rotatable bonds is 3. The number of hydrogen-bond acceptors (Lipinski definition) is 3. The third-order valence-corrected chi connectivity index (χ3v) is 5.24. The Hall–Kier alpha value is -1.35. The van der Waals surface area contributed by atoms with E-state index in [1.165, 1.54) is 23.8 Å². The molecule has 0 amide bonds. The number of esters is 1. The van der Waals surface area contributed by atoms with E-state index in [0.29, 0.717) is 6.04 Å². The van der Waals surface area contributed by atoms with Crippen molar-refractivity contribution in [2.75, 3.05) is 13.7 Å². The van der Waals surface area contributed by atoms with Crippen molar-refractivity contribution >= 4 is 5.97 Å². The molecule has 0 bridgehead atoms. The van der Waals surface area contributed by atoms with E-state index in [4.69, 9.17) is 4.74 Å². The van der Waals surface area contributed by atoms with E-state index < -0.39 is 0 Å². The predicted molar refractivity (Wildman–Crippen MR) is 104 cm³/mol. The molecule has 0 saturated carbocycles. The van der Waals surface area contributed by atoms with Crippen LogP contribution in [0.2, 0.25) is 0 Å². The van der Waals surface area contributed by atoms with Crippen LogP contribution in [0, 0.1) is 5.92 Å². The lowest BCUT2D eigenvalue weighted by molar-refractivity contribution is -0.146. The van der Waals surface area contributed by atoms with Gasteiger partial charge in [-0.05, 0) is 53.3 Å². The summed E-state index contributed by atoms with van der Waals surface area (Å²) in [5.74, 6) is -0.0329. The van der Waals surface area contributed by atoms with Crippen LogP contribution in [0.15, 0.2) is 18.2 Å². The standard InChI is InChI=1S/C22H35NO2/c1-21(2,3)17-10-15(11-18(14-17)22(4,5)6)12-19-13-16(8-9-23-19)20(24)25-7/h10-11,14,16,19,23H,8-9,12-13H2,1-7H3. The number of methoxy groups -OCH3 is 1. The van der Waals surface area contributed by atoms with E-state index in [0.717, 1.165) is 25.8 Å². The van der Waals surface area contributed by atoms with Crippen LogP contribution in [0.1, 0.15) is 71.1 Å². The maximum atomic E-state index is 11.9. The first kappa shape index (κ1) is 20.0. The summed E-state index contributed by atoms with van der Waals surface area (Å²) in [6.45, 7) is 14.5. The molecule has 1 fully saturated rings. The van der Waals surface area contributed by atoms with Crippen LogP contribution in [-0.2, 0) is 26.8 Å². The zero-order valence-corrected chi connectivity index (χ0v) is 17.0. The topological polar surface area (TPSA) is 38.3 Å². The van der Waals surface area contributed by atoms with E-state index in [1.54, 1.807) is 0 Å². The van der Waals surface area contributed by atoms with Gasteiger partial charge in [-0.3, -0.25) is 4.79 Å². The number of hydrogen-bond donors (Lipinski definition) is 1. The third kappa shape index (κ3) is 5.31. The second-order valence-corrected chi connectivity index (χ2v) is 9.52. The van der Waals surface area contributed by atoms with Crippen molar-refractivity contribution in [2.24, 2.45) is 5.92 Å². The molecule has 1 aromatic carbocycles. The lowest BCUT2D eigenvalue weighted by Crippen LogP contribution is -2.42. The van der Waals surface area contributed by atoms with E-state index >= 15 is 0 Å². The van der Waals surface area contributed by atoms with Crippen molar-refractivity contribution in [1.82, 2.24) is 5.32 Å². The molecular weight excluding hydrogens is 310 g/mol. The Bertz CT molecular complexity index is 575. The lowest BCUT2D eigenvalue weighted by atomic mass is 9.78. The summed E-state index contributed by atoms with van der Waals surface area (Å²) < 4.78 is 4.95. The molecule has 2 atom stereocenters. The predicted octanol–water partition coefficient (Wildman–Crippen LogP) is 4.37. The summed E-state index contributed by atoms with van der Waals surface area (Å²) in [6, 6.07) is 7.38. The Morgan fingerprint density at radius 1 is 1.08 bits per heavy atom. The maximum Gasteiger partial charge on any atom is 0.308 e. The molecule has 1 N–H and O–H groups in total. The molecule has 2 unspecified atom stereocenters. The van der Waals surface area contributed by atoms with Gasteiger partial charge in [-0.25, -0.2) is 0 Å². The largest absolute Gasteiger partial charge is 0.469 e. The molecule has 3 heteroatoms. The van der Waals surface area contributed by atoms with Gasteiger partial charge >= 0.3 is 5.97 Å². The highest BCUT2D eigenvalue weighted by Crippen LogP contribution is 2.31. The van der Waals surface area contributed by atoms with Gasteiger partial charge in [-0.15, -0.1) is 0 Å². The quantitative estimate of drug-likeness (QED) is 0.827. The number of nitrogens with one attached hydrogen (secondary N) is 1. The number of carbonyl (C=O) groups is 1. The second-order valence-electron chi connectivity index (χ2n) is 9.52. The first-order valence-corrected chi connectivity index (χ1v) is 9.47. The molecule has 140 valence electrons. The fourth-order valence-corrected chi connectivity index (χ4v) is 3.50. The highest BCUT2D eigenvalue weighted by molar-refractivity contribution is 5.72. The van der Waals surface area contributed by atoms with Gasteiger partial charge < -0.3 is 10.1 Å². The molecule has 3 nitrogen and oxygen atoms in total. The number of ether oxygens (including phenoxy) is 1. The van der Waals surface area contributed by atoms with E-state index in [1.807, 2.05) is 0 Å². The minimum absolute atomic E-state index is 0.0316. The zero-order chi connectivity index (χ0) is 18.8. The first-order valence-electron chi connectivity index (χ1n) is 9.47. The molecule has 0 radical (unpaired) electrons. The highest BCUT2D eigenvalue weighted by atomic mass is 16.5. The summed E-state index contributed by atoms with van der Waals surface area (Å²) in [7, 11) is 1.49. The summed E-state index contributed by atoms with van der Waals surface area (Å²) in [5.41, 5.74) is 4.39. The van der Waals surface area contributed by atoms with Crippen molar-refractivity contribution in [3.05, 3.63) is 34.9 Å². The van der Waals surface area contributed by atoms with Gasteiger partial charge in [0.05, 0.1) is 13.0 Å². The van der Waals surface area contributed by atoms with Crippen molar-refractivity contribution in [3.8, 4) is 0 Å². The van der Waals surface area contributed by atoms with Crippen LogP contribution >= 0.6 is 0 Å². The highest BCUT2D eigenvalue weighted by Gasteiger charge is 2.28. The summed E-state index contributed by atoms with van der Waals surface area (Å²) >= 11 is 0. The van der Waals surface area contributed by atoms with E-state index in [9.17, 15) is 4.79 Å². The normalized spacial score (nSPS) is 21.9. The minimum Gasteiger partial charge on any atom is -0.469 e. The van der Waals surface area contributed by atoms with Crippen LogP contribution < -0.4 is 5.32 Å².